The van der Waals surface area contributed by atoms with Crippen LogP contribution in [-0.4, -0.2) is 35.8 Å². The molecule has 4 rings (SSSR count). The van der Waals surface area contributed by atoms with E-state index in [9.17, 15) is 4.79 Å². The molecule has 0 bridgehead atoms. The van der Waals surface area contributed by atoms with Crippen molar-refractivity contribution in [2.24, 2.45) is 0 Å². The molecule has 0 spiro atoms. The van der Waals surface area contributed by atoms with E-state index in [4.69, 9.17) is 19.4 Å². The zero-order valence-corrected chi connectivity index (χ0v) is 18.0. The highest BCUT2D eigenvalue weighted by Crippen LogP contribution is 2.32. The Kier molecular flexibility index (Phi) is 6.33. The van der Waals surface area contributed by atoms with Crippen LogP contribution in [0.1, 0.15) is 0 Å². The molecule has 3 aromatic carbocycles. The number of nitrogens with zero attached hydrogens (tertiary/aromatic N) is 2. The molecule has 0 aliphatic heterocycles. The molecule has 0 aliphatic rings. The fraction of sp³-hybridized carbons (Fsp3) is 0.125. The summed E-state index contributed by atoms with van der Waals surface area (Å²) >= 11 is 1.35. The quantitative estimate of drug-likeness (QED) is 0.413. The first kappa shape index (κ1) is 20.7. The van der Waals surface area contributed by atoms with E-state index in [-0.39, 0.29) is 11.7 Å². The van der Waals surface area contributed by atoms with E-state index in [2.05, 4.69) is 5.32 Å². The van der Waals surface area contributed by atoms with Crippen LogP contribution in [0.25, 0.3) is 22.3 Å². The third-order valence-corrected chi connectivity index (χ3v) is 5.57. The maximum atomic E-state index is 12.7. The maximum Gasteiger partial charge on any atom is 0.234 e. The average Bonchev–Trinajstić information content (AvgIpc) is 2.83. The molecule has 156 valence electrons. The lowest BCUT2D eigenvalue weighted by Crippen LogP contribution is -2.15. The number of thioether (sulfide) groups is 1. The van der Waals surface area contributed by atoms with Crippen LogP contribution in [0.2, 0.25) is 0 Å². The van der Waals surface area contributed by atoms with Crippen LogP contribution in [0.5, 0.6) is 11.5 Å². The minimum atomic E-state index is -0.164. The van der Waals surface area contributed by atoms with E-state index in [1.165, 1.54) is 11.8 Å². The Labute approximate surface area is 184 Å². The Morgan fingerprint density at radius 3 is 2.32 bits per heavy atom. The van der Waals surface area contributed by atoms with Gasteiger partial charge in [-0.3, -0.25) is 4.79 Å². The minimum Gasteiger partial charge on any atom is -0.497 e. The fourth-order valence-corrected chi connectivity index (χ4v) is 3.89. The van der Waals surface area contributed by atoms with E-state index < -0.39 is 0 Å². The summed E-state index contributed by atoms with van der Waals surface area (Å²) in [5.74, 6) is 1.21. The molecule has 1 aromatic heterocycles. The van der Waals surface area contributed by atoms with Crippen LogP contribution in [0.3, 0.4) is 0 Å². The number of para-hydroxylation sites is 2. The summed E-state index contributed by atoms with van der Waals surface area (Å²) in [6, 6.07) is 22.8. The van der Waals surface area contributed by atoms with Gasteiger partial charge < -0.3 is 14.8 Å². The van der Waals surface area contributed by atoms with E-state index in [0.717, 1.165) is 22.3 Å². The fourth-order valence-electron chi connectivity index (χ4n) is 3.09. The Bertz CT molecular complexity index is 1220. The Morgan fingerprint density at radius 1 is 0.903 bits per heavy atom. The number of ether oxygens (including phenoxy) is 2. The Hall–Kier alpha value is -3.58. The second kappa shape index (κ2) is 9.49. The molecule has 1 heterocycles. The molecule has 0 unspecified atom stereocenters. The molecular weight excluding hydrogens is 410 g/mol. The molecule has 0 radical (unpaired) electrons. The van der Waals surface area contributed by atoms with Gasteiger partial charge in [0.2, 0.25) is 5.91 Å². The van der Waals surface area contributed by atoms with Gasteiger partial charge in [-0.05, 0) is 24.3 Å². The number of carbonyl (C=O) groups excluding carboxylic acids is 1. The molecule has 7 heteroatoms. The summed E-state index contributed by atoms with van der Waals surface area (Å²) in [6.07, 6.45) is 0. The number of aromatic nitrogens is 2. The van der Waals surface area contributed by atoms with Crippen LogP contribution in [0, 0.1) is 0 Å². The summed E-state index contributed by atoms with van der Waals surface area (Å²) in [7, 11) is 3.13. The molecule has 0 saturated heterocycles. The lowest BCUT2D eigenvalue weighted by Gasteiger charge is -2.12. The second-order valence-corrected chi connectivity index (χ2v) is 7.60. The van der Waals surface area contributed by atoms with Crippen molar-refractivity contribution in [2.75, 3.05) is 25.3 Å². The smallest absolute Gasteiger partial charge is 0.234 e. The number of amides is 1. The van der Waals surface area contributed by atoms with Crippen LogP contribution in [0.15, 0.2) is 77.8 Å². The number of hydrogen-bond donors (Lipinski definition) is 1. The number of hydrogen-bond acceptors (Lipinski definition) is 6. The van der Waals surface area contributed by atoms with Gasteiger partial charge in [-0.25, -0.2) is 9.97 Å². The number of carbonyl (C=O) groups is 1. The first-order valence-corrected chi connectivity index (χ1v) is 10.6. The van der Waals surface area contributed by atoms with Crippen molar-refractivity contribution in [3.8, 4) is 22.8 Å². The third-order valence-electron chi connectivity index (χ3n) is 4.61. The van der Waals surface area contributed by atoms with Crippen LogP contribution < -0.4 is 14.8 Å². The van der Waals surface area contributed by atoms with E-state index in [0.29, 0.717) is 22.2 Å². The van der Waals surface area contributed by atoms with Gasteiger partial charge in [0.15, 0.2) is 0 Å². The zero-order valence-electron chi connectivity index (χ0n) is 17.2. The molecule has 0 atom stereocenters. The van der Waals surface area contributed by atoms with Gasteiger partial charge >= 0.3 is 0 Å². The van der Waals surface area contributed by atoms with E-state index in [1.54, 1.807) is 32.4 Å². The molecule has 4 aromatic rings. The first-order valence-electron chi connectivity index (χ1n) is 9.65. The summed E-state index contributed by atoms with van der Waals surface area (Å²) < 4.78 is 10.6. The van der Waals surface area contributed by atoms with Crippen LogP contribution >= 0.6 is 11.8 Å². The molecule has 0 fully saturated rings. The maximum absolute atomic E-state index is 12.7. The summed E-state index contributed by atoms with van der Waals surface area (Å²) in [6.45, 7) is 0. The van der Waals surface area contributed by atoms with Crippen molar-refractivity contribution < 1.29 is 14.3 Å². The van der Waals surface area contributed by atoms with Crippen molar-refractivity contribution >= 4 is 34.4 Å². The molecule has 31 heavy (non-hydrogen) atoms. The lowest BCUT2D eigenvalue weighted by atomic mass is 10.1. The van der Waals surface area contributed by atoms with Crippen LogP contribution in [-0.2, 0) is 4.79 Å². The SMILES string of the molecule is COc1ccc(NC(=O)CSc2nc3ccccc3nc2-c2ccccc2)c(OC)c1. The average molecular weight is 432 g/mol. The number of benzene rings is 3. The lowest BCUT2D eigenvalue weighted by molar-refractivity contribution is -0.113. The molecule has 1 amide bonds. The first-order chi connectivity index (χ1) is 15.2. The number of methoxy groups -OCH3 is 2. The molecule has 0 saturated carbocycles. The van der Waals surface area contributed by atoms with Crippen molar-refractivity contribution in [1.82, 2.24) is 9.97 Å². The molecular formula is C24H21N3O3S. The van der Waals surface area contributed by atoms with E-state index >= 15 is 0 Å². The highest BCUT2D eigenvalue weighted by molar-refractivity contribution is 8.00. The van der Waals surface area contributed by atoms with Crippen molar-refractivity contribution in [3.63, 3.8) is 0 Å². The Morgan fingerprint density at radius 2 is 1.61 bits per heavy atom. The van der Waals surface area contributed by atoms with Crippen LogP contribution in [0.4, 0.5) is 5.69 Å². The topological polar surface area (TPSA) is 73.3 Å². The third kappa shape index (κ3) is 4.78. The van der Waals surface area contributed by atoms with Gasteiger partial charge in [0, 0.05) is 11.6 Å². The largest absolute Gasteiger partial charge is 0.497 e. The van der Waals surface area contributed by atoms with Crippen molar-refractivity contribution in [1.29, 1.82) is 0 Å². The number of nitrogens with one attached hydrogen (secondary N) is 1. The molecule has 0 aliphatic carbocycles. The van der Waals surface area contributed by atoms with Gasteiger partial charge in [0.25, 0.3) is 0 Å². The van der Waals surface area contributed by atoms with Gasteiger partial charge in [0.05, 0.1) is 36.7 Å². The Balaban J connectivity index is 1.56. The normalized spacial score (nSPS) is 10.6. The van der Waals surface area contributed by atoms with Gasteiger partial charge in [-0.2, -0.15) is 0 Å². The van der Waals surface area contributed by atoms with Gasteiger partial charge in [-0.1, -0.05) is 54.2 Å². The molecule has 6 nitrogen and oxygen atoms in total. The monoisotopic (exact) mass is 431 g/mol. The number of fused-ring (bicyclic) bond motifs is 1. The standard InChI is InChI=1S/C24H21N3O3S/c1-29-17-12-13-20(21(14-17)30-2)25-22(28)15-31-24-23(16-8-4-3-5-9-16)26-18-10-6-7-11-19(18)27-24/h3-14H,15H2,1-2H3,(H,25,28). The molecule has 1 N–H and O–H groups in total. The second-order valence-electron chi connectivity index (χ2n) is 6.64. The van der Waals surface area contributed by atoms with E-state index in [1.807, 2.05) is 54.6 Å². The van der Waals surface area contributed by atoms with Gasteiger partial charge in [0.1, 0.15) is 22.2 Å². The predicted octanol–water partition coefficient (Wildman–Crippen LogP) is 5.04. The summed E-state index contributed by atoms with van der Waals surface area (Å²) in [4.78, 5) is 22.2. The predicted molar refractivity (Wildman–Crippen MR) is 124 cm³/mol. The highest BCUT2D eigenvalue weighted by atomic mass is 32.2. The highest BCUT2D eigenvalue weighted by Gasteiger charge is 2.15. The number of anilines is 1. The van der Waals surface area contributed by atoms with Crippen molar-refractivity contribution in [2.45, 2.75) is 5.03 Å². The minimum absolute atomic E-state index is 0.164. The number of rotatable bonds is 7. The van der Waals surface area contributed by atoms with Crippen molar-refractivity contribution in [3.05, 3.63) is 72.8 Å². The zero-order chi connectivity index (χ0) is 21.6. The summed E-state index contributed by atoms with van der Waals surface area (Å²) in [5.41, 5.74) is 3.92. The van der Waals surface area contributed by atoms with Gasteiger partial charge in [-0.15, -0.1) is 0 Å². The summed E-state index contributed by atoms with van der Waals surface area (Å²) in [5, 5.41) is 3.60.